The van der Waals surface area contributed by atoms with Crippen LogP contribution in [0.5, 0.6) is 0 Å². The van der Waals surface area contributed by atoms with Gasteiger partial charge in [-0.05, 0) is 19.3 Å². The molecule has 0 heterocycles. The fourth-order valence-corrected chi connectivity index (χ4v) is 2.53. The van der Waals surface area contributed by atoms with Crippen molar-refractivity contribution in [2.75, 3.05) is 5.75 Å². The predicted octanol–water partition coefficient (Wildman–Crippen LogP) is 1.25. The van der Waals surface area contributed by atoms with E-state index in [2.05, 4.69) is 4.72 Å². The van der Waals surface area contributed by atoms with E-state index < -0.39 is 10.0 Å². The number of hydrogen-bond acceptors (Lipinski definition) is 3. The molecule has 0 saturated carbocycles. The average molecular weight is 218 g/mol. The van der Waals surface area contributed by atoms with Crippen LogP contribution in [0.1, 0.15) is 33.6 Å². The van der Waals surface area contributed by atoms with E-state index in [-0.39, 0.29) is 18.2 Å². The molecule has 0 aliphatic rings. The maximum Gasteiger partial charge on any atom is 0.211 e. The van der Waals surface area contributed by atoms with Gasteiger partial charge in [-0.25, -0.2) is 13.1 Å². The Bertz CT molecular complexity index is 290. The molecule has 0 aromatic carbocycles. The molecule has 0 fully saturated rings. The van der Waals surface area contributed by atoms with Gasteiger partial charge in [0.2, 0.25) is 10.0 Å². The lowest BCUT2D eigenvalue weighted by Gasteiger charge is -2.11. The molecule has 1 unspecified atom stereocenters. The van der Waals surface area contributed by atoms with Gasteiger partial charge in [0.1, 0.15) is 0 Å². The van der Waals surface area contributed by atoms with Crippen molar-refractivity contribution in [3.05, 3.63) is 0 Å². The SMILES string of the molecule is CC(C)CCS(=O)(=O)NC(C)CC#N. The minimum absolute atomic E-state index is 0.139. The van der Waals surface area contributed by atoms with Gasteiger partial charge < -0.3 is 0 Å². The van der Waals surface area contributed by atoms with Crippen molar-refractivity contribution in [2.24, 2.45) is 5.92 Å². The summed E-state index contributed by atoms with van der Waals surface area (Å²) in [5, 5.41) is 8.37. The van der Waals surface area contributed by atoms with Crippen LogP contribution >= 0.6 is 0 Å². The second-order valence-electron chi connectivity index (χ2n) is 3.88. The van der Waals surface area contributed by atoms with E-state index in [1.165, 1.54) is 0 Å². The van der Waals surface area contributed by atoms with Gasteiger partial charge in [0.25, 0.3) is 0 Å². The molecule has 5 heteroatoms. The van der Waals surface area contributed by atoms with Gasteiger partial charge in [-0.1, -0.05) is 13.8 Å². The van der Waals surface area contributed by atoms with Crippen LogP contribution in [0.3, 0.4) is 0 Å². The van der Waals surface area contributed by atoms with Gasteiger partial charge in [0.15, 0.2) is 0 Å². The first-order valence-electron chi connectivity index (χ1n) is 4.74. The van der Waals surface area contributed by atoms with Crippen molar-refractivity contribution in [1.29, 1.82) is 5.26 Å². The monoisotopic (exact) mass is 218 g/mol. The van der Waals surface area contributed by atoms with Crippen LogP contribution in [-0.4, -0.2) is 20.2 Å². The Kier molecular flexibility index (Phi) is 5.73. The zero-order valence-electron chi connectivity index (χ0n) is 8.95. The third-order valence-corrected chi connectivity index (χ3v) is 3.28. The Morgan fingerprint density at radius 3 is 2.36 bits per heavy atom. The molecule has 0 radical (unpaired) electrons. The van der Waals surface area contributed by atoms with E-state index in [0.717, 1.165) is 0 Å². The van der Waals surface area contributed by atoms with Crippen LogP contribution in [0.4, 0.5) is 0 Å². The Hall–Kier alpha value is -0.600. The fraction of sp³-hybridized carbons (Fsp3) is 0.889. The van der Waals surface area contributed by atoms with E-state index in [4.69, 9.17) is 5.26 Å². The zero-order chi connectivity index (χ0) is 11.2. The summed E-state index contributed by atoms with van der Waals surface area (Å²) in [4.78, 5) is 0. The highest BCUT2D eigenvalue weighted by Crippen LogP contribution is 2.03. The number of nitriles is 1. The first kappa shape index (κ1) is 13.4. The molecular weight excluding hydrogens is 200 g/mol. The van der Waals surface area contributed by atoms with E-state index >= 15 is 0 Å². The predicted molar refractivity (Wildman–Crippen MR) is 56.1 cm³/mol. The Labute approximate surface area is 86.4 Å². The molecule has 0 amide bonds. The molecule has 0 aromatic rings. The maximum absolute atomic E-state index is 11.4. The maximum atomic E-state index is 11.4. The molecule has 0 aliphatic heterocycles. The summed E-state index contributed by atoms with van der Waals surface area (Å²) in [6, 6.07) is 1.63. The summed E-state index contributed by atoms with van der Waals surface area (Å²) < 4.78 is 25.3. The molecule has 0 aromatic heterocycles. The van der Waals surface area contributed by atoms with E-state index in [1.54, 1.807) is 6.92 Å². The summed E-state index contributed by atoms with van der Waals surface area (Å²) in [5.74, 6) is 0.512. The van der Waals surface area contributed by atoms with Gasteiger partial charge in [0.05, 0.1) is 18.2 Å². The number of nitrogens with one attached hydrogen (secondary N) is 1. The van der Waals surface area contributed by atoms with Crippen molar-refractivity contribution in [3.63, 3.8) is 0 Å². The molecule has 0 bridgehead atoms. The van der Waals surface area contributed by atoms with Crippen LogP contribution in [0.2, 0.25) is 0 Å². The summed E-state index contributed by atoms with van der Waals surface area (Å²) in [5.41, 5.74) is 0. The van der Waals surface area contributed by atoms with Crippen LogP contribution in [0, 0.1) is 17.2 Å². The van der Waals surface area contributed by atoms with Crippen LogP contribution in [0.25, 0.3) is 0 Å². The first-order valence-corrected chi connectivity index (χ1v) is 6.39. The third kappa shape index (κ3) is 6.87. The highest BCUT2D eigenvalue weighted by atomic mass is 32.2. The van der Waals surface area contributed by atoms with Crippen molar-refractivity contribution >= 4 is 10.0 Å². The van der Waals surface area contributed by atoms with Gasteiger partial charge in [-0.15, -0.1) is 0 Å². The number of hydrogen-bond donors (Lipinski definition) is 1. The van der Waals surface area contributed by atoms with Gasteiger partial charge in [-0.3, -0.25) is 0 Å². The normalized spacial score (nSPS) is 13.9. The van der Waals surface area contributed by atoms with Gasteiger partial charge >= 0.3 is 0 Å². The van der Waals surface area contributed by atoms with Crippen LogP contribution < -0.4 is 4.72 Å². The van der Waals surface area contributed by atoms with Crippen LogP contribution in [0.15, 0.2) is 0 Å². The minimum atomic E-state index is -3.20. The molecule has 0 rings (SSSR count). The Balaban J connectivity index is 4.03. The largest absolute Gasteiger partial charge is 0.212 e. The summed E-state index contributed by atoms with van der Waals surface area (Å²) in [6.07, 6.45) is 0.857. The quantitative estimate of drug-likeness (QED) is 0.729. The molecule has 0 aliphatic carbocycles. The standard InChI is InChI=1S/C9H18N2O2S/c1-8(2)5-7-14(12,13)11-9(3)4-6-10/h8-9,11H,4-5,7H2,1-3H3. The highest BCUT2D eigenvalue weighted by Gasteiger charge is 2.14. The van der Waals surface area contributed by atoms with Crippen molar-refractivity contribution in [3.8, 4) is 6.07 Å². The van der Waals surface area contributed by atoms with Crippen molar-refractivity contribution in [2.45, 2.75) is 39.7 Å². The van der Waals surface area contributed by atoms with Crippen molar-refractivity contribution in [1.82, 2.24) is 4.72 Å². The number of rotatable bonds is 6. The van der Waals surface area contributed by atoms with Crippen LogP contribution in [-0.2, 0) is 10.0 Å². The summed E-state index contributed by atoms with van der Waals surface area (Å²) >= 11 is 0. The minimum Gasteiger partial charge on any atom is -0.212 e. The smallest absolute Gasteiger partial charge is 0.211 e. The lowest BCUT2D eigenvalue weighted by molar-refractivity contribution is 0.547. The summed E-state index contributed by atoms with van der Waals surface area (Å²) in [6.45, 7) is 5.65. The van der Waals surface area contributed by atoms with Gasteiger partial charge in [0, 0.05) is 6.04 Å². The van der Waals surface area contributed by atoms with Crippen molar-refractivity contribution < 1.29 is 8.42 Å². The molecular formula is C9H18N2O2S. The molecule has 4 nitrogen and oxygen atoms in total. The number of sulfonamides is 1. The summed E-state index contributed by atoms with van der Waals surface area (Å²) in [7, 11) is -3.20. The molecule has 82 valence electrons. The van der Waals surface area contributed by atoms with E-state index in [9.17, 15) is 8.42 Å². The molecule has 14 heavy (non-hydrogen) atoms. The molecule has 1 atom stereocenters. The molecule has 0 saturated heterocycles. The highest BCUT2D eigenvalue weighted by molar-refractivity contribution is 7.89. The fourth-order valence-electron chi connectivity index (χ4n) is 0.935. The third-order valence-electron chi connectivity index (χ3n) is 1.74. The molecule has 0 spiro atoms. The number of nitrogens with zero attached hydrogens (tertiary/aromatic N) is 1. The van der Waals surface area contributed by atoms with Gasteiger partial charge in [-0.2, -0.15) is 5.26 Å². The Morgan fingerprint density at radius 2 is 1.93 bits per heavy atom. The zero-order valence-corrected chi connectivity index (χ0v) is 9.76. The molecule has 1 N–H and O–H groups in total. The second kappa shape index (κ2) is 5.99. The lowest BCUT2D eigenvalue weighted by Crippen LogP contribution is -2.34. The average Bonchev–Trinajstić information content (AvgIpc) is 2.00. The topological polar surface area (TPSA) is 70.0 Å². The van der Waals surface area contributed by atoms with E-state index in [1.807, 2.05) is 19.9 Å². The lowest BCUT2D eigenvalue weighted by atomic mass is 10.2. The second-order valence-corrected chi connectivity index (χ2v) is 5.76. The Morgan fingerprint density at radius 1 is 1.36 bits per heavy atom. The van der Waals surface area contributed by atoms with E-state index in [0.29, 0.717) is 12.3 Å². The first-order chi connectivity index (χ1) is 6.37.